The van der Waals surface area contributed by atoms with Crippen LogP contribution in [0.5, 0.6) is 0 Å². The molecule has 0 heterocycles. The van der Waals surface area contributed by atoms with Gasteiger partial charge in [0.25, 0.3) is 0 Å². The van der Waals surface area contributed by atoms with Gasteiger partial charge in [0.1, 0.15) is 18.9 Å². The molecule has 1 aromatic carbocycles. The zero-order valence-electron chi connectivity index (χ0n) is 8.96. The van der Waals surface area contributed by atoms with E-state index in [-0.39, 0.29) is 13.0 Å². The van der Waals surface area contributed by atoms with Crippen LogP contribution in [0.25, 0.3) is 0 Å². The van der Waals surface area contributed by atoms with Gasteiger partial charge in [-0.25, -0.2) is 0 Å². The molecule has 0 aliphatic carbocycles. The molecule has 16 heavy (non-hydrogen) atoms. The average Bonchev–Trinajstić information content (AvgIpc) is 2.34. The molecular formula is C12H15NO3. The third-order valence-corrected chi connectivity index (χ3v) is 2.12. The topological polar surface area (TPSA) is 69.4 Å². The fourth-order valence-corrected chi connectivity index (χ4v) is 1.20. The normalized spacial score (nSPS) is 11.8. The average molecular weight is 221 g/mol. The van der Waals surface area contributed by atoms with E-state index < -0.39 is 12.0 Å². The molecule has 0 aliphatic heterocycles. The van der Waals surface area contributed by atoms with Gasteiger partial charge < -0.3 is 15.3 Å². The van der Waals surface area contributed by atoms with Gasteiger partial charge in [-0.3, -0.25) is 4.79 Å². The van der Waals surface area contributed by atoms with Crippen molar-refractivity contribution in [1.82, 2.24) is 0 Å². The Labute approximate surface area is 94.4 Å². The highest BCUT2D eigenvalue weighted by Crippen LogP contribution is 2.02. The van der Waals surface area contributed by atoms with E-state index in [1.165, 1.54) is 0 Å². The van der Waals surface area contributed by atoms with Crippen LogP contribution < -0.4 is 5.73 Å². The van der Waals surface area contributed by atoms with Gasteiger partial charge in [-0.1, -0.05) is 30.3 Å². The van der Waals surface area contributed by atoms with Crippen LogP contribution in [0.2, 0.25) is 0 Å². The van der Waals surface area contributed by atoms with Gasteiger partial charge in [-0.05, 0) is 12.0 Å². The smallest absolute Gasteiger partial charge is 0.323 e. The second-order valence-electron chi connectivity index (χ2n) is 3.44. The molecule has 1 aromatic rings. The van der Waals surface area contributed by atoms with Crippen molar-refractivity contribution in [2.24, 2.45) is 5.73 Å². The Morgan fingerprint density at radius 2 is 2.06 bits per heavy atom. The van der Waals surface area contributed by atoms with Crippen molar-refractivity contribution in [3.8, 4) is 0 Å². The summed E-state index contributed by atoms with van der Waals surface area (Å²) in [6.45, 7) is 0.217. The maximum Gasteiger partial charge on any atom is 0.323 e. The molecule has 0 amide bonds. The summed E-state index contributed by atoms with van der Waals surface area (Å²) in [7, 11) is 0. The summed E-state index contributed by atoms with van der Waals surface area (Å²) in [4.78, 5) is 21.5. The highest BCUT2D eigenvalue weighted by molar-refractivity contribution is 5.75. The number of nitrogens with two attached hydrogens (primary N) is 1. The van der Waals surface area contributed by atoms with Crippen LogP contribution in [0.15, 0.2) is 30.3 Å². The van der Waals surface area contributed by atoms with Crippen LogP contribution in [0.1, 0.15) is 18.4 Å². The van der Waals surface area contributed by atoms with Gasteiger partial charge in [0.2, 0.25) is 0 Å². The molecule has 2 N–H and O–H groups in total. The van der Waals surface area contributed by atoms with E-state index in [1.807, 2.05) is 30.3 Å². The van der Waals surface area contributed by atoms with E-state index in [9.17, 15) is 9.59 Å². The second-order valence-corrected chi connectivity index (χ2v) is 3.44. The number of aldehydes is 1. The van der Waals surface area contributed by atoms with Crippen molar-refractivity contribution in [2.45, 2.75) is 25.5 Å². The van der Waals surface area contributed by atoms with Crippen molar-refractivity contribution < 1.29 is 14.3 Å². The highest BCUT2D eigenvalue weighted by Gasteiger charge is 2.14. The molecule has 0 spiro atoms. The van der Waals surface area contributed by atoms with Crippen LogP contribution >= 0.6 is 0 Å². The third-order valence-electron chi connectivity index (χ3n) is 2.12. The lowest BCUT2D eigenvalue weighted by Crippen LogP contribution is -2.32. The Balaban J connectivity index is 2.32. The molecule has 0 unspecified atom stereocenters. The molecule has 0 bridgehead atoms. The first-order valence-electron chi connectivity index (χ1n) is 5.14. The number of ether oxygens (including phenoxy) is 1. The highest BCUT2D eigenvalue weighted by atomic mass is 16.5. The summed E-state index contributed by atoms with van der Waals surface area (Å²) in [5.74, 6) is -0.467. The van der Waals surface area contributed by atoms with Gasteiger partial charge in [0.05, 0.1) is 0 Å². The number of hydrogen-bond donors (Lipinski definition) is 1. The Hall–Kier alpha value is -1.68. The molecule has 0 saturated carbocycles. The number of carbonyl (C=O) groups is 2. The van der Waals surface area contributed by atoms with Crippen molar-refractivity contribution in [1.29, 1.82) is 0 Å². The fourth-order valence-electron chi connectivity index (χ4n) is 1.20. The Morgan fingerprint density at radius 1 is 1.38 bits per heavy atom. The summed E-state index contributed by atoms with van der Waals surface area (Å²) >= 11 is 0. The molecule has 1 atom stereocenters. The summed E-state index contributed by atoms with van der Waals surface area (Å²) in [6.07, 6.45) is 1.35. The first kappa shape index (κ1) is 12.4. The van der Waals surface area contributed by atoms with Crippen LogP contribution in [-0.2, 0) is 20.9 Å². The number of rotatable bonds is 6. The maximum absolute atomic E-state index is 11.4. The standard InChI is InChI=1S/C12H15NO3/c13-11(7-4-8-14)12(15)16-9-10-5-2-1-3-6-10/h1-3,5-6,8,11H,4,7,9,13H2/t11-/m0/s1. The Kier molecular flexibility index (Phi) is 5.22. The summed E-state index contributed by atoms with van der Waals surface area (Å²) in [6, 6.07) is 8.65. The van der Waals surface area contributed by atoms with Crippen LogP contribution in [0, 0.1) is 0 Å². The number of benzene rings is 1. The number of hydrogen-bond acceptors (Lipinski definition) is 4. The summed E-state index contributed by atoms with van der Waals surface area (Å²) in [5.41, 5.74) is 6.45. The second kappa shape index (κ2) is 6.74. The minimum Gasteiger partial charge on any atom is -0.460 e. The molecule has 0 aliphatic rings. The van der Waals surface area contributed by atoms with Crippen LogP contribution in [0.3, 0.4) is 0 Å². The zero-order chi connectivity index (χ0) is 11.8. The first-order valence-corrected chi connectivity index (χ1v) is 5.14. The van der Waals surface area contributed by atoms with Gasteiger partial charge in [-0.15, -0.1) is 0 Å². The monoisotopic (exact) mass is 221 g/mol. The zero-order valence-corrected chi connectivity index (χ0v) is 8.96. The molecule has 0 saturated heterocycles. The minimum atomic E-state index is -0.714. The van der Waals surface area contributed by atoms with Crippen molar-refractivity contribution in [2.75, 3.05) is 0 Å². The summed E-state index contributed by atoms with van der Waals surface area (Å²) < 4.78 is 5.01. The predicted molar refractivity (Wildman–Crippen MR) is 59.5 cm³/mol. The largest absolute Gasteiger partial charge is 0.460 e. The lowest BCUT2D eigenvalue weighted by atomic mass is 10.2. The minimum absolute atomic E-state index is 0.217. The first-order chi connectivity index (χ1) is 7.74. The quantitative estimate of drug-likeness (QED) is 0.575. The van der Waals surface area contributed by atoms with Crippen molar-refractivity contribution in [3.63, 3.8) is 0 Å². The third kappa shape index (κ3) is 4.23. The fraction of sp³-hybridized carbons (Fsp3) is 0.333. The van der Waals surface area contributed by atoms with Gasteiger partial charge in [-0.2, -0.15) is 0 Å². The van der Waals surface area contributed by atoms with Gasteiger partial charge in [0.15, 0.2) is 0 Å². The van der Waals surface area contributed by atoms with E-state index in [0.29, 0.717) is 6.42 Å². The number of esters is 1. The molecular weight excluding hydrogens is 206 g/mol. The van der Waals surface area contributed by atoms with Gasteiger partial charge >= 0.3 is 5.97 Å². The molecule has 0 aromatic heterocycles. The van der Waals surface area contributed by atoms with Crippen LogP contribution in [-0.4, -0.2) is 18.3 Å². The lowest BCUT2D eigenvalue weighted by Gasteiger charge is -2.09. The number of carbonyl (C=O) groups excluding carboxylic acids is 2. The molecule has 0 fully saturated rings. The van der Waals surface area contributed by atoms with E-state index in [2.05, 4.69) is 0 Å². The van der Waals surface area contributed by atoms with Crippen LogP contribution in [0.4, 0.5) is 0 Å². The van der Waals surface area contributed by atoms with E-state index in [0.717, 1.165) is 11.8 Å². The van der Waals surface area contributed by atoms with Crippen molar-refractivity contribution in [3.05, 3.63) is 35.9 Å². The van der Waals surface area contributed by atoms with E-state index >= 15 is 0 Å². The molecule has 86 valence electrons. The SMILES string of the molecule is N[C@@H](CCC=O)C(=O)OCc1ccccc1. The Bertz CT molecular complexity index is 337. The Morgan fingerprint density at radius 3 is 2.69 bits per heavy atom. The maximum atomic E-state index is 11.4. The van der Waals surface area contributed by atoms with E-state index in [4.69, 9.17) is 10.5 Å². The van der Waals surface area contributed by atoms with Gasteiger partial charge in [0, 0.05) is 6.42 Å². The molecule has 4 heteroatoms. The molecule has 4 nitrogen and oxygen atoms in total. The molecule has 1 rings (SSSR count). The van der Waals surface area contributed by atoms with E-state index in [1.54, 1.807) is 0 Å². The molecule has 0 radical (unpaired) electrons. The summed E-state index contributed by atoms with van der Waals surface area (Å²) in [5, 5.41) is 0. The lowest BCUT2D eigenvalue weighted by molar-refractivity contribution is -0.146. The predicted octanol–water partition coefficient (Wildman–Crippen LogP) is 1.04. The van der Waals surface area contributed by atoms with Crippen molar-refractivity contribution >= 4 is 12.3 Å².